The molecule has 0 fully saturated rings. The molecule has 2 aromatic rings. The van der Waals surface area contributed by atoms with E-state index in [4.69, 9.17) is 4.74 Å². The molecule has 0 saturated heterocycles. The zero-order valence-corrected chi connectivity index (χ0v) is 18.4. The molecule has 2 amide bonds. The molecule has 6 heteroatoms. The molecule has 2 N–H and O–H groups in total. The number of para-hydroxylation sites is 1. The number of benzene rings is 2. The molecule has 0 spiro atoms. The number of amides is 2. The van der Waals surface area contributed by atoms with E-state index in [0.29, 0.717) is 6.42 Å². The summed E-state index contributed by atoms with van der Waals surface area (Å²) in [7, 11) is 0. The maximum Gasteiger partial charge on any atom is 0.408 e. The zero-order valence-electron chi connectivity index (χ0n) is 18.4. The predicted octanol–water partition coefficient (Wildman–Crippen LogP) is 4.16. The van der Waals surface area contributed by atoms with E-state index >= 15 is 0 Å². The van der Waals surface area contributed by atoms with Gasteiger partial charge in [0.25, 0.3) is 5.91 Å². The van der Waals surface area contributed by atoms with E-state index in [-0.39, 0.29) is 11.9 Å². The van der Waals surface area contributed by atoms with Crippen molar-refractivity contribution in [3.63, 3.8) is 0 Å². The molecule has 0 aromatic heterocycles. The van der Waals surface area contributed by atoms with Crippen LogP contribution in [0.4, 0.5) is 10.5 Å². The van der Waals surface area contributed by atoms with E-state index in [9.17, 15) is 9.59 Å². The molecule has 3 rings (SSSR count). The third kappa shape index (κ3) is 7.17. The van der Waals surface area contributed by atoms with Gasteiger partial charge in [-0.05, 0) is 57.2 Å². The fourth-order valence-electron chi connectivity index (χ4n) is 3.47. The van der Waals surface area contributed by atoms with Crippen molar-refractivity contribution in [3.8, 4) is 0 Å². The van der Waals surface area contributed by atoms with Gasteiger partial charge in [-0.25, -0.2) is 4.79 Å². The Morgan fingerprint density at radius 3 is 2.55 bits per heavy atom. The van der Waals surface area contributed by atoms with Crippen LogP contribution in [0.15, 0.2) is 66.7 Å². The predicted molar refractivity (Wildman–Crippen MR) is 123 cm³/mol. The van der Waals surface area contributed by atoms with E-state index in [1.54, 1.807) is 6.08 Å². The second-order valence-electron chi connectivity index (χ2n) is 8.64. The van der Waals surface area contributed by atoms with E-state index in [1.807, 2.05) is 74.3 Å². The first-order valence-electron chi connectivity index (χ1n) is 10.7. The lowest BCUT2D eigenvalue weighted by atomic mass is 10.0. The molecule has 0 radical (unpaired) electrons. The molecule has 0 bridgehead atoms. The SMILES string of the molecule is CC(C)(C)OC(=O)NC(C=CC(=O)NN1CCc2ccccc21)CCc1ccccc1. The first-order chi connectivity index (χ1) is 14.8. The molecular weight excluding hydrogens is 390 g/mol. The first-order valence-corrected chi connectivity index (χ1v) is 10.7. The van der Waals surface area contributed by atoms with Crippen LogP contribution < -0.4 is 15.8 Å². The van der Waals surface area contributed by atoms with Crippen LogP contribution in [0.1, 0.15) is 38.3 Å². The van der Waals surface area contributed by atoms with E-state index in [1.165, 1.54) is 17.2 Å². The first kappa shape index (κ1) is 22.4. The number of carbonyl (C=O) groups is 2. The summed E-state index contributed by atoms with van der Waals surface area (Å²) < 4.78 is 5.38. The van der Waals surface area contributed by atoms with Crippen molar-refractivity contribution in [3.05, 3.63) is 77.9 Å². The normalized spacial score (nSPS) is 14.2. The van der Waals surface area contributed by atoms with Crippen LogP contribution in [-0.4, -0.2) is 30.2 Å². The average Bonchev–Trinajstić information content (AvgIpc) is 3.12. The zero-order chi connectivity index (χ0) is 22.3. The van der Waals surface area contributed by atoms with Crippen LogP contribution in [0.25, 0.3) is 0 Å². The number of hydrogen-bond donors (Lipinski definition) is 2. The number of hydrogen-bond acceptors (Lipinski definition) is 4. The Bertz CT molecular complexity index is 919. The van der Waals surface area contributed by atoms with Crippen LogP contribution in [-0.2, 0) is 22.4 Å². The number of aryl methyl sites for hydroxylation is 1. The summed E-state index contributed by atoms with van der Waals surface area (Å²) in [5.74, 6) is -0.229. The van der Waals surface area contributed by atoms with Crippen LogP contribution in [0.2, 0.25) is 0 Å². The summed E-state index contributed by atoms with van der Waals surface area (Å²) >= 11 is 0. The minimum absolute atomic E-state index is 0.229. The van der Waals surface area contributed by atoms with Gasteiger partial charge in [0, 0.05) is 12.6 Å². The molecule has 2 aromatic carbocycles. The van der Waals surface area contributed by atoms with Gasteiger partial charge in [0.1, 0.15) is 5.60 Å². The minimum Gasteiger partial charge on any atom is -0.444 e. The van der Waals surface area contributed by atoms with Gasteiger partial charge in [-0.3, -0.25) is 15.2 Å². The molecule has 164 valence electrons. The highest BCUT2D eigenvalue weighted by molar-refractivity contribution is 5.89. The van der Waals surface area contributed by atoms with E-state index in [0.717, 1.165) is 25.1 Å². The van der Waals surface area contributed by atoms with Crippen LogP contribution >= 0.6 is 0 Å². The molecule has 1 atom stereocenters. The number of hydrazine groups is 1. The van der Waals surface area contributed by atoms with Crippen molar-refractivity contribution in [1.82, 2.24) is 10.7 Å². The van der Waals surface area contributed by atoms with Crippen molar-refractivity contribution in [2.24, 2.45) is 0 Å². The van der Waals surface area contributed by atoms with Crippen LogP contribution in [0.3, 0.4) is 0 Å². The summed E-state index contributed by atoms with van der Waals surface area (Å²) in [5.41, 5.74) is 5.75. The van der Waals surface area contributed by atoms with Crippen LogP contribution in [0.5, 0.6) is 0 Å². The maximum atomic E-state index is 12.5. The molecule has 31 heavy (non-hydrogen) atoms. The number of carbonyl (C=O) groups excluding carboxylic acids is 2. The Labute approximate surface area is 184 Å². The highest BCUT2D eigenvalue weighted by Gasteiger charge is 2.20. The fraction of sp³-hybridized carbons (Fsp3) is 0.360. The Balaban J connectivity index is 1.61. The number of fused-ring (bicyclic) bond motifs is 1. The lowest BCUT2D eigenvalue weighted by molar-refractivity contribution is -0.116. The molecule has 1 aliphatic heterocycles. The molecule has 1 aliphatic rings. The topological polar surface area (TPSA) is 70.7 Å². The standard InChI is InChI=1S/C25H31N3O3/c1-25(2,3)31-24(30)26-21(14-13-19-9-5-4-6-10-19)15-16-23(29)27-28-18-17-20-11-7-8-12-22(20)28/h4-12,15-16,21H,13-14,17-18H2,1-3H3,(H,26,30)(H,27,29). The smallest absolute Gasteiger partial charge is 0.408 e. The molecule has 1 heterocycles. The summed E-state index contributed by atoms with van der Waals surface area (Å²) in [4.78, 5) is 24.8. The summed E-state index contributed by atoms with van der Waals surface area (Å²) in [6.45, 7) is 6.21. The summed E-state index contributed by atoms with van der Waals surface area (Å²) in [5, 5.41) is 4.73. The fourth-order valence-corrected chi connectivity index (χ4v) is 3.47. The van der Waals surface area contributed by atoms with Gasteiger partial charge in [-0.1, -0.05) is 54.6 Å². The lowest BCUT2D eigenvalue weighted by Crippen LogP contribution is -2.41. The van der Waals surface area contributed by atoms with Crippen LogP contribution in [0, 0.1) is 0 Å². The summed E-state index contributed by atoms with van der Waals surface area (Å²) in [6.07, 6.45) is 5.04. The van der Waals surface area contributed by atoms with Crippen molar-refractivity contribution in [2.45, 2.75) is 51.7 Å². The molecule has 0 saturated carbocycles. The lowest BCUT2D eigenvalue weighted by Gasteiger charge is -2.22. The third-order valence-electron chi connectivity index (χ3n) is 4.90. The van der Waals surface area contributed by atoms with Gasteiger partial charge >= 0.3 is 6.09 Å². The van der Waals surface area contributed by atoms with Crippen molar-refractivity contribution < 1.29 is 14.3 Å². The molecule has 6 nitrogen and oxygen atoms in total. The van der Waals surface area contributed by atoms with Gasteiger partial charge in [-0.15, -0.1) is 0 Å². The third-order valence-corrected chi connectivity index (χ3v) is 4.90. The van der Waals surface area contributed by atoms with Gasteiger partial charge in [0.15, 0.2) is 0 Å². The second kappa shape index (κ2) is 10.2. The monoisotopic (exact) mass is 421 g/mol. The number of rotatable bonds is 7. The van der Waals surface area contributed by atoms with Crippen molar-refractivity contribution in [1.29, 1.82) is 0 Å². The molecule has 1 unspecified atom stereocenters. The van der Waals surface area contributed by atoms with Crippen molar-refractivity contribution >= 4 is 17.7 Å². The summed E-state index contributed by atoms with van der Waals surface area (Å²) in [6, 6.07) is 17.8. The van der Waals surface area contributed by atoms with Crippen molar-refractivity contribution in [2.75, 3.05) is 11.6 Å². The average molecular weight is 422 g/mol. The highest BCUT2D eigenvalue weighted by atomic mass is 16.6. The van der Waals surface area contributed by atoms with E-state index < -0.39 is 11.7 Å². The number of ether oxygens (including phenoxy) is 1. The number of alkyl carbamates (subject to hydrolysis) is 1. The Morgan fingerprint density at radius 1 is 1.10 bits per heavy atom. The van der Waals surface area contributed by atoms with E-state index in [2.05, 4.69) is 16.8 Å². The maximum absolute atomic E-state index is 12.5. The van der Waals surface area contributed by atoms with Gasteiger partial charge in [-0.2, -0.15) is 0 Å². The molecule has 0 aliphatic carbocycles. The molecular formula is C25H31N3O3. The minimum atomic E-state index is -0.585. The Morgan fingerprint density at radius 2 is 1.81 bits per heavy atom. The number of anilines is 1. The highest BCUT2D eigenvalue weighted by Crippen LogP contribution is 2.25. The Kier molecular flexibility index (Phi) is 7.34. The number of nitrogens with zero attached hydrogens (tertiary/aromatic N) is 1. The largest absolute Gasteiger partial charge is 0.444 e. The Hall–Kier alpha value is -3.28. The second-order valence-corrected chi connectivity index (χ2v) is 8.64. The van der Waals surface area contributed by atoms with Gasteiger partial charge < -0.3 is 10.1 Å². The number of nitrogens with one attached hydrogen (secondary N) is 2. The van der Waals surface area contributed by atoms with Gasteiger partial charge in [0.05, 0.1) is 11.7 Å². The quantitative estimate of drug-likeness (QED) is 0.659. The van der Waals surface area contributed by atoms with Gasteiger partial charge in [0.2, 0.25) is 0 Å².